The highest BCUT2D eigenvalue weighted by Gasteiger charge is 2.57. The fourth-order valence-electron chi connectivity index (χ4n) is 6.37. The van der Waals surface area contributed by atoms with Crippen LogP contribution >= 0.6 is 46.0 Å². The number of thiazole rings is 2. The Morgan fingerprint density at radius 2 is 1.63 bits per heavy atom. The van der Waals surface area contributed by atoms with E-state index in [0.717, 1.165) is 16.7 Å². The molecule has 5 aromatic rings. The van der Waals surface area contributed by atoms with Crippen LogP contribution in [0.1, 0.15) is 27.3 Å². The first-order valence-electron chi connectivity index (χ1n) is 16.0. The summed E-state index contributed by atoms with van der Waals surface area (Å²) in [4.78, 5) is 55.5. The van der Waals surface area contributed by atoms with E-state index in [1.165, 1.54) is 46.4 Å². The number of hydrogen-bond acceptors (Lipinski definition) is 11. The molecule has 7 rings (SSSR count). The van der Waals surface area contributed by atoms with Crippen molar-refractivity contribution in [1.82, 2.24) is 20.2 Å². The minimum absolute atomic E-state index is 0.0513. The Balaban J connectivity index is 1.12. The molecule has 3 aromatic carbocycles. The van der Waals surface area contributed by atoms with Crippen molar-refractivity contribution < 1.29 is 24.3 Å². The summed E-state index contributed by atoms with van der Waals surface area (Å²) < 4.78 is 0. The molecule has 2 unspecified atom stereocenters. The Bertz CT molecular complexity index is 2050. The molecule has 0 spiro atoms. The van der Waals surface area contributed by atoms with E-state index in [0.29, 0.717) is 10.0 Å². The Labute approximate surface area is 316 Å². The number of carbonyl (C=O) groups is 3. The van der Waals surface area contributed by atoms with Gasteiger partial charge >= 0.3 is 5.97 Å². The van der Waals surface area contributed by atoms with E-state index in [1.807, 2.05) is 54.6 Å². The summed E-state index contributed by atoms with van der Waals surface area (Å²) in [6, 6.07) is 29.3. The number of oxime groups is 1. The lowest BCUT2D eigenvalue weighted by Crippen LogP contribution is -2.73. The molecule has 2 aromatic heterocycles. The minimum Gasteiger partial charge on any atom is -0.481 e. The van der Waals surface area contributed by atoms with Gasteiger partial charge in [0.05, 0.1) is 10.4 Å². The van der Waals surface area contributed by atoms with Crippen LogP contribution in [0.2, 0.25) is 5.15 Å². The molecule has 0 bridgehead atoms. The number of hydrogen-bond donors (Lipinski definition) is 3. The molecule has 3 N–H and O–H groups in total. The van der Waals surface area contributed by atoms with Gasteiger partial charge in [-0.2, -0.15) is 0 Å². The minimum atomic E-state index is -1.33. The molecule has 264 valence electrons. The summed E-state index contributed by atoms with van der Waals surface area (Å²) in [5, 5.41) is 22.7. The topological polar surface area (TPSA) is 146 Å². The molecule has 0 radical (unpaired) electrons. The fraction of sp³-hybridized carbons (Fsp3) is 0.189. The summed E-state index contributed by atoms with van der Waals surface area (Å²) >= 11 is 9.98. The Kier molecular flexibility index (Phi) is 10.1. The van der Waals surface area contributed by atoms with E-state index in [9.17, 15) is 19.5 Å². The Morgan fingerprint density at radius 1 is 1.02 bits per heavy atom. The average Bonchev–Trinajstić information content (AvgIpc) is 3.83. The van der Waals surface area contributed by atoms with Gasteiger partial charge in [0.1, 0.15) is 40.3 Å². The summed E-state index contributed by atoms with van der Waals surface area (Å²) in [6.45, 7) is -0.0513. The first-order valence-corrected chi connectivity index (χ1v) is 19.2. The van der Waals surface area contributed by atoms with Gasteiger partial charge in [-0.1, -0.05) is 114 Å². The molecule has 0 saturated carbocycles. The van der Waals surface area contributed by atoms with Crippen LogP contribution in [0.3, 0.4) is 0 Å². The zero-order chi connectivity index (χ0) is 36.3. The highest BCUT2D eigenvalue weighted by Crippen LogP contribution is 2.44. The normalized spacial score (nSPS) is 20.2. The quantitative estimate of drug-likeness (QED) is 0.0585. The van der Waals surface area contributed by atoms with Gasteiger partial charge in [-0.3, -0.25) is 14.4 Å². The monoisotopic (exact) mass is 770 g/mol. The standard InChI is InChI=1S/C37H31ClN6O5S3/c1-49-43-28(31(45)41-29-32(46)44-20-36(34(47)48,21-51-33(29)44)18-17-27-30(38)39-22-52-27)26-19-50-35(40-26)42-37(23-11-5-2-6-12-23,24-13-7-3-8-14-24)25-15-9-4-10-16-25/h2-19,22,29,33H,20-21H2,1H3,(H,40,42)(H,41,45)(H,47,48)/t29?,33-,36?/m1/s1. The zero-order valence-corrected chi connectivity index (χ0v) is 30.7. The van der Waals surface area contributed by atoms with Crippen LogP contribution in [0.25, 0.3) is 6.08 Å². The number of rotatable bonds is 12. The number of nitrogens with zero attached hydrogens (tertiary/aromatic N) is 4. The predicted molar refractivity (Wildman–Crippen MR) is 205 cm³/mol. The van der Waals surface area contributed by atoms with Gasteiger partial charge in [0, 0.05) is 17.7 Å². The van der Waals surface area contributed by atoms with E-state index < -0.39 is 40.2 Å². The first-order chi connectivity index (χ1) is 25.3. The van der Waals surface area contributed by atoms with E-state index in [-0.39, 0.29) is 28.9 Å². The number of aromatic nitrogens is 2. The molecule has 2 amide bonds. The van der Waals surface area contributed by atoms with Crippen LogP contribution in [0, 0.1) is 5.41 Å². The second kappa shape index (κ2) is 14.9. The van der Waals surface area contributed by atoms with Crippen LogP contribution < -0.4 is 10.6 Å². The molecular formula is C37H31ClN6O5S3. The van der Waals surface area contributed by atoms with Gasteiger partial charge in [-0.25, -0.2) is 9.97 Å². The molecule has 2 aliphatic heterocycles. The maximum atomic E-state index is 13.7. The van der Waals surface area contributed by atoms with Crippen LogP contribution in [0.15, 0.2) is 113 Å². The smallest absolute Gasteiger partial charge is 0.316 e. The average molecular weight is 771 g/mol. The molecule has 52 heavy (non-hydrogen) atoms. The number of anilines is 1. The molecule has 2 saturated heterocycles. The number of benzene rings is 3. The van der Waals surface area contributed by atoms with Crippen molar-refractivity contribution >= 4 is 80.7 Å². The maximum Gasteiger partial charge on any atom is 0.316 e. The van der Waals surface area contributed by atoms with Crippen molar-refractivity contribution in [3.05, 3.63) is 140 Å². The molecule has 2 aliphatic rings. The Morgan fingerprint density at radius 3 is 2.17 bits per heavy atom. The third-order valence-corrected chi connectivity index (χ3v) is 12.5. The number of thioether (sulfide) groups is 1. The highest BCUT2D eigenvalue weighted by atomic mass is 35.5. The van der Waals surface area contributed by atoms with Gasteiger partial charge in [-0.15, -0.1) is 34.4 Å². The van der Waals surface area contributed by atoms with E-state index in [1.54, 1.807) is 23.0 Å². The number of β-lactam (4-membered cyclic amide) rings is 1. The van der Waals surface area contributed by atoms with Crippen molar-refractivity contribution in [2.24, 2.45) is 10.6 Å². The molecule has 15 heteroatoms. The van der Waals surface area contributed by atoms with Crippen molar-refractivity contribution in [1.29, 1.82) is 0 Å². The third kappa shape index (κ3) is 6.58. The predicted octanol–water partition coefficient (Wildman–Crippen LogP) is 6.19. The number of fused-ring (bicyclic) bond motifs is 1. The second-order valence-electron chi connectivity index (χ2n) is 12.1. The number of amides is 2. The number of halogens is 1. The van der Waals surface area contributed by atoms with Crippen LogP contribution in [-0.4, -0.2) is 74.3 Å². The number of nitrogens with one attached hydrogen (secondary N) is 2. The lowest BCUT2D eigenvalue weighted by Gasteiger charge is -2.53. The van der Waals surface area contributed by atoms with Crippen molar-refractivity contribution in [2.75, 3.05) is 24.7 Å². The SMILES string of the molecule is CON=C(C(=O)NC1C(=O)N2CC(C=Cc3scnc3Cl)(C(=O)O)CS[C@H]12)c1csc(NC(c2ccccc2)(c2ccccc2)c2ccccc2)n1. The van der Waals surface area contributed by atoms with Crippen molar-refractivity contribution in [2.45, 2.75) is 17.0 Å². The van der Waals surface area contributed by atoms with E-state index in [2.05, 4.69) is 57.2 Å². The van der Waals surface area contributed by atoms with Crippen molar-refractivity contribution in [3.8, 4) is 0 Å². The van der Waals surface area contributed by atoms with Crippen LogP contribution in [0.4, 0.5) is 5.13 Å². The highest BCUT2D eigenvalue weighted by molar-refractivity contribution is 8.00. The number of aliphatic carboxylic acids is 1. The third-order valence-electron chi connectivity index (χ3n) is 8.98. The summed E-state index contributed by atoms with van der Waals surface area (Å²) in [5.74, 6) is -1.92. The number of carboxylic acids is 1. The van der Waals surface area contributed by atoms with Gasteiger partial charge in [-0.05, 0) is 22.8 Å². The van der Waals surface area contributed by atoms with Crippen molar-refractivity contribution in [3.63, 3.8) is 0 Å². The Hall–Kier alpha value is -5.02. The second-order valence-corrected chi connectivity index (χ2v) is 15.3. The van der Waals surface area contributed by atoms with Gasteiger partial charge in [0.25, 0.3) is 5.91 Å². The zero-order valence-electron chi connectivity index (χ0n) is 27.5. The number of carboxylic acid groups (broad SMARTS) is 1. The molecule has 4 heterocycles. The molecule has 11 nitrogen and oxygen atoms in total. The van der Waals surface area contributed by atoms with Gasteiger partial charge < -0.3 is 25.5 Å². The van der Waals surface area contributed by atoms with Gasteiger partial charge in [0.15, 0.2) is 10.8 Å². The molecule has 0 aliphatic carbocycles. The number of carbonyl (C=O) groups excluding carboxylic acids is 2. The van der Waals surface area contributed by atoms with E-state index in [4.69, 9.17) is 21.4 Å². The lowest BCUT2D eigenvalue weighted by molar-refractivity contribution is -0.155. The fourth-order valence-corrected chi connectivity index (χ4v) is 9.50. The lowest BCUT2D eigenvalue weighted by atomic mass is 9.77. The summed E-state index contributed by atoms with van der Waals surface area (Å²) in [5.41, 5.74) is 2.51. The molecule has 2 fully saturated rings. The van der Waals surface area contributed by atoms with E-state index >= 15 is 0 Å². The van der Waals surface area contributed by atoms with Crippen LogP contribution in [0.5, 0.6) is 0 Å². The summed E-state index contributed by atoms with van der Waals surface area (Å²) in [6.07, 6.45) is 3.20. The maximum absolute atomic E-state index is 13.7. The molecular weight excluding hydrogens is 740 g/mol. The first kappa shape index (κ1) is 35.4. The van der Waals surface area contributed by atoms with Gasteiger partial charge in [0.2, 0.25) is 5.91 Å². The molecule has 3 atom stereocenters. The summed E-state index contributed by atoms with van der Waals surface area (Å²) in [7, 11) is 1.33. The largest absolute Gasteiger partial charge is 0.481 e. The van der Waals surface area contributed by atoms with Crippen LogP contribution in [-0.2, 0) is 24.8 Å².